The molecule has 92 valence electrons. The molecular weight excluding hydrogens is 212 g/mol. The Morgan fingerprint density at radius 1 is 1.06 bits per heavy atom. The molecule has 0 saturated carbocycles. The topological polar surface area (TPSA) is 18.5 Å². The Bertz CT molecular complexity index is 399. The number of ether oxygens (including phenoxy) is 2. The largest absolute Gasteiger partial charge is 0.490 e. The minimum absolute atomic E-state index is 0.651. The number of hydrogen-bond donors (Lipinski definition) is 0. The lowest BCUT2D eigenvalue weighted by molar-refractivity contribution is 0.287. The summed E-state index contributed by atoms with van der Waals surface area (Å²) < 4.78 is 11.1. The Morgan fingerprint density at radius 2 is 1.76 bits per heavy atom. The van der Waals surface area contributed by atoms with Crippen molar-refractivity contribution in [1.29, 1.82) is 0 Å². The van der Waals surface area contributed by atoms with Gasteiger partial charge in [0.05, 0.1) is 13.2 Å². The fourth-order valence-electron chi connectivity index (χ4n) is 1.58. The summed E-state index contributed by atoms with van der Waals surface area (Å²) in [6.07, 6.45) is 1.84. The monoisotopic (exact) mass is 232 g/mol. The minimum Gasteiger partial charge on any atom is -0.490 e. The van der Waals surface area contributed by atoms with Gasteiger partial charge in [-0.1, -0.05) is 6.07 Å². The van der Waals surface area contributed by atoms with Gasteiger partial charge in [0.15, 0.2) is 11.5 Å². The first-order chi connectivity index (χ1) is 8.31. The third-order valence-corrected chi connectivity index (χ3v) is 2.32. The molecule has 0 unspecified atom stereocenters. The number of hydrogen-bond acceptors (Lipinski definition) is 2. The number of aryl methyl sites for hydroxylation is 1. The second-order valence-electron chi connectivity index (χ2n) is 3.57. The molecule has 1 aromatic carbocycles. The summed E-state index contributed by atoms with van der Waals surface area (Å²) in [5.41, 5.74) is 1.24. The van der Waals surface area contributed by atoms with Crippen LogP contribution in [-0.4, -0.2) is 13.2 Å². The van der Waals surface area contributed by atoms with E-state index in [1.54, 1.807) is 0 Å². The van der Waals surface area contributed by atoms with Gasteiger partial charge < -0.3 is 9.47 Å². The van der Waals surface area contributed by atoms with Crippen LogP contribution in [0, 0.1) is 11.8 Å². The highest BCUT2D eigenvalue weighted by molar-refractivity contribution is 5.43. The standard InChI is InChI=1S/C15H20O2/c1-4-7-8-9-13-10-11-14(16-5-2)15(12-13)17-6-3/h10-12H,5-6,8-9H2,1-3H3. The molecule has 0 N–H and O–H groups in total. The zero-order valence-corrected chi connectivity index (χ0v) is 10.9. The van der Waals surface area contributed by atoms with Crippen LogP contribution in [0.15, 0.2) is 18.2 Å². The molecule has 2 nitrogen and oxygen atoms in total. The Labute approximate surface area is 104 Å². The van der Waals surface area contributed by atoms with Crippen LogP contribution in [0.25, 0.3) is 0 Å². The van der Waals surface area contributed by atoms with Crippen molar-refractivity contribution < 1.29 is 9.47 Å². The van der Waals surface area contributed by atoms with Crippen molar-refractivity contribution in [3.05, 3.63) is 23.8 Å². The molecule has 0 atom stereocenters. The molecular formula is C15H20O2. The maximum Gasteiger partial charge on any atom is 0.161 e. The van der Waals surface area contributed by atoms with Crippen molar-refractivity contribution in [3.63, 3.8) is 0 Å². The van der Waals surface area contributed by atoms with Crippen molar-refractivity contribution in [2.45, 2.75) is 33.6 Å². The third-order valence-electron chi connectivity index (χ3n) is 2.32. The van der Waals surface area contributed by atoms with E-state index in [0.29, 0.717) is 13.2 Å². The number of benzene rings is 1. The highest BCUT2D eigenvalue weighted by Gasteiger charge is 2.05. The Balaban J connectivity index is 2.79. The van der Waals surface area contributed by atoms with Crippen LogP contribution in [0.1, 0.15) is 32.8 Å². The van der Waals surface area contributed by atoms with Gasteiger partial charge in [-0.2, -0.15) is 0 Å². The molecule has 0 aromatic heterocycles. The fourth-order valence-corrected chi connectivity index (χ4v) is 1.58. The molecule has 1 aromatic rings. The normalized spacial score (nSPS) is 9.35. The zero-order valence-electron chi connectivity index (χ0n) is 10.9. The van der Waals surface area contributed by atoms with Crippen LogP contribution in [0.3, 0.4) is 0 Å². The maximum atomic E-state index is 5.58. The van der Waals surface area contributed by atoms with E-state index >= 15 is 0 Å². The Hall–Kier alpha value is -1.62. The molecule has 0 spiro atoms. The summed E-state index contributed by atoms with van der Waals surface area (Å²) in [5.74, 6) is 7.62. The van der Waals surface area contributed by atoms with Gasteiger partial charge in [0.1, 0.15) is 0 Å². The molecule has 0 fully saturated rings. The second-order valence-corrected chi connectivity index (χ2v) is 3.57. The van der Waals surface area contributed by atoms with Crippen molar-refractivity contribution in [1.82, 2.24) is 0 Å². The summed E-state index contributed by atoms with van der Waals surface area (Å²) in [5, 5.41) is 0. The van der Waals surface area contributed by atoms with E-state index in [0.717, 1.165) is 24.3 Å². The van der Waals surface area contributed by atoms with Crippen LogP contribution >= 0.6 is 0 Å². The van der Waals surface area contributed by atoms with Crippen molar-refractivity contribution in [2.75, 3.05) is 13.2 Å². The van der Waals surface area contributed by atoms with Gasteiger partial charge in [-0.25, -0.2) is 0 Å². The Kier molecular flexibility index (Phi) is 6.03. The van der Waals surface area contributed by atoms with Crippen LogP contribution in [0.4, 0.5) is 0 Å². The molecule has 1 rings (SSSR count). The summed E-state index contributed by atoms with van der Waals surface area (Å²) >= 11 is 0. The Morgan fingerprint density at radius 3 is 2.41 bits per heavy atom. The average molecular weight is 232 g/mol. The van der Waals surface area contributed by atoms with Gasteiger partial charge in [0.25, 0.3) is 0 Å². The van der Waals surface area contributed by atoms with E-state index in [1.807, 2.05) is 32.9 Å². The molecule has 2 heteroatoms. The van der Waals surface area contributed by atoms with Gasteiger partial charge in [-0.3, -0.25) is 0 Å². The SMILES string of the molecule is CC#CCCc1ccc(OCC)c(OCC)c1. The van der Waals surface area contributed by atoms with E-state index in [2.05, 4.69) is 17.9 Å². The fraction of sp³-hybridized carbons (Fsp3) is 0.467. The smallest absolute Gasteiger partial charge is 0.161 e. The highest BCUT2D eigenvalue weighted by Crippen LogP contribution is 2.28. The van der Waals surface area contributed by atoms with Crippen LogP contribution in [0.2, 0.25) is 0 Å². The van der Waals surface area contributed by atoms with Crippen LogP contribution in [-0.2, 0) is 6.42 Å². The van der Waals surface area contributed by atoms with Crippen LogP contribution in [0.5, 0.6) is 11.5 Å². The van der Waals surface area contributed by atoms with E-state index < -0.39 is 0 Å². The molecule has 0 aliphatic rings. The van der Waals surface area contributed by atoms with E-state index in [1.165, 1.54) is 5.56 Å². The summed E-state index contributed by atoms with van der Waals surface area (Å²) in [7, 11) is 0. The summed E-state index contributed by atoms with van der Waals surface area (Å²) in [4.78, 5) is 0. The van der Waals surface area contributed by atoms with Gasteiger partial charge in [0, 0.05) is 6.42 Å². The lowest BCUT2D eigenvalue weighted by atomic mass is 10.1. The molecule has 0 aliphatic heterocycles. The van der Waals surface area contributed by atoms with Crippen molar-refractivity contribution in [3.8, 4) is 23.3 Å². The van der Waals surface area contributed by atoms with Crippen LogP contribution < -0.4 is 9.47 Å². The molecule has 0 amide bonds. The van der Waals surface area contributed by atoms with Crippen molar-refractivity contribution >= 4 is 0 Å². The molecule has 0 radical (unpaired) electrons. The lowest BCUT2D eigenvalue weighted by Gasteiger charge is -2.11. The highest BCUT2D eigenvalue weighted by atomic mass is 16.5. The molecule has 0 heterocycles. The first kappa shape index (κ1) is 13.4. The average Bonchev–Trinajstić information content (AvgIpc) is 2.33. The molecule has 0 saturated heterocycles. The zero-order chi connectivity index (χ0) is 12.5. The van der Waals surface area contributed by atoms with Gasteiger partial charge >= 0.3 is 0 Å². The number of rotatable bonds is 6. The quantitative estimate of drug-likeness (QED) is 0.699. The second kappa shape index (κ2) is 7.62. The predicted octanol–water partition coefficient (Wildman–Crippen LogP) is 3.44. The van der Waals surface area contributed by atoms with Gasteiger partial charge in [0.2, 0.25) is 0 Å². The summed E-state index contributed by atoms with van der Waals surface area (Å²) in [6, 6.07) is 6.10. The third kappa shape index (κ3) is 4.40. The molecule has 0 aliphatic carbocycles. The first-order valence-electron chi connectivity index (χ1n) is 6.09. The minimum atomic E-state index is 0.651. The molecule has 0 bridgehead atoms. The molecule has 17 heavy (non-hydrogen) atoms. The van der Waals surface area contributed by atoms with E-state index in [9.17, 15) is 0 Å². The summed E-state index contributed by atoms with van der Waals surface area (Å²) in [6.45, 7) is 7.12. The van der Waals surface area contributed by atoms with E-state index in [4.69, 9.17) is 9.47 Å². The lowest BCUT2D eigenvalue weighted by Crippen LogP contribution is -1.99. The maximum absolute atomic E-state index is 5.58. The van der Waals surface area contributed by atoms with Gasteiger partial charge in [-0.05, 0) is 44.9 Å². The van der Waals surface area contributed by atoms with Gasteiger partial charge in [-0.15, -0.1) is 11.8 Å². The van der Waals surface area contributed by atoms with Crippen molar-refractivity contribution in [2.24, 2.45) is 0 Å². The van der Waals surface area contributed by atoms with E-state index in [-0.39, 0.29) is 0 Å². The predicted molar refractivity (Wildman–Crippen MR) is 70.6 cm³/mol. The first-order valence-corrected chi connectivity index (χ1v) is 6.09.